The van der Waals surface area contributed by atoms with E-state index in [0.29, 0.717) is 27.7 Å². The van der Waals surface area contributed by atoms with Gasteiger partial charge in [0, 0.05) is 49.1 Å². The third-order valence-electron chi connectivity index (χ3n) is 5.89. The van der Waals surface area contributed by atoms with E-state index in [0.717, 1.165) is 27.9 Å². The number of pyridine rings is 1. The van der Waals surface area contributed by atoms with E-state index in [2.05, 4.69) is 20.4 Å². The molecule has 4 aromatic heterocycles. The molecule has 0 aliphatic carbocycles. The number of aryl methyl sites for hydroxylation is 3. The number of imidazole rings is 1. The van der Waals surface area contributed by atoms with E-state index < -0.39 is 11.7 Å². The number of carbonyl (C=O) groups is 1. The summed E-state index contributed by atoms with van der Waals surface area (Å²) in [4.78, 5) is 22.2. The minimum atomic E-state index is -0.657. The van der Waals surface area contributed by atoms with Crippen molar-refractivity contribution < 1.29 is 9.53 Å². The van der Waals surface area contributed by atoms with E-state index in [1.54, 1.807) is 28.0 Å². The largest absolute Gasteiger partial charge is 0.443 e. The van der Waals surface area contributed by atoms with Crippen molar-refractivity contribution in [2.75, 3.05) is 5.32 Å². The lowest BCUT2D eigenvalue weighted by Gasteiger charge is -2.21. The van der Waals surface area contributed by atoms with E-state index >= 15 is 0 Å². The van der Waals surface area contributed by atoms with Gasteiger partial charge in [0.2, 0.25) is 0 Å². The molecule has 0 aliphatic rings. The highest BCUT2D eigenvalue weighted by Gasteiger charge is 2.24. The zero-order valence-corrected chi connectivity index (χ0v) is 22.3. The van der Waals surface area contributed by atoms with Crippen molar-refractivity contribution >= 4 is 40.1 Å². The first-order chi connectivity index (χ1) is 17.5. The van der Waals surface area contributed by atoms with Crippen molar-refractivity contribution in [3.63, 3.8) is 0 Å². The van der Waals surface area contributed by atoms with Gasteiger partial charge in [0.1, 0.15) is 11.4 Å². The monoisotopic (exact) mass is 517 g/mol. The Morgan fingerprint density at radius 2 is 1.84 bits per heavy atom. The van der Waals surface area contributed by atoms with E-state index in [9.17, 15) is 4.79 Å². The lowest BCUT2D eigenvalue weighted by atomic mass is 10.1. The summed E-state index contributed by atoms with van der Waals surface area (Å²) in [6, 6.07) is 9.51. The van der Waals surface area contributed by atoms with Crippen molar-refractivity contribution in [1.82, 2.24) is 28.9 Å². The van der Waals surface area contributed by atoms with Crippen molar-refractivity contribution in [2.24, 2.45) is 14.1 Å². The molecule has 190 valence electrons. The molecule has 0 saturated carbocycles. The summed E-state index contributed by atoms with van der Waals surface area (Å²) in [7, 11) is 3.78. The number of nitrogens with one attached hydrogen (secondary N) is 1. The molecule has 0 bridgehead atoms. The van der Waals surface area contributed by atoms with Crippen LogP contribution >= 0.6 is 11.6 Å². The van der Waals surface area contributed by atoms with Crippen LogP contribution in [0.5, 0.6) is 0 Å². The van der Waals surface area contributed by atoms with Crippen LogP contribution < -0.4 is 5.32 Å². The molecule has 9 nitrogen and oxygen atoms in total. The number of fused-ring (bicyclic) bond motifs is 1. The topological polar surface area (TPSA) is 91.8 Å². The number of rotatable bonds is 4. The zero-order valence-electron chi connectivity index (χ0n) is 21.6. The third-order valence-corrected chi connectivity index (χ3v) is 6.20. The molecule has 1 aromatic carbocycles. The fourth-order valence-electron chi connectivity index (χ4n) is 4.30. The average molecular weight is 518 g/mol. The molecule has 0 amide bonds. The highest BCUT2D eigenvalue weighted by atomic mass is 35.5. The number of hydrogen-bond donors (Lipinski definition) is 1. The molecule has 0 atom stereocenters. The molecular formula is C27H28ClN7O2. The molecule has 1 N–H and O–H groups in total. The normalized spacial score (nSPS) is 11.8. The number of ether oxygens (including phenoxy) is 1. The number of nitrogens with zero attached hydrogens (tertiary/aromatic N) is 6. The number of halogens is 1. The Kier molecular flexibility index (Phi) is 6.03. The van der Waals surface area contributed by atoms with Crippen molar-refractivity contribution in [2.45, 2.75) is 33.3 Å². The second-order valence-electron chi connectivity index (χ2n) is 9.99. The van der Waals surface area contributed by atoms with Crippen molar-refractivity contribution in [3.05, 3.63) is 66.0 Å². The second-order valence-corrected chi connectivity index (χ2v) is 10.4. The summed E-state index contributed by atoms with van der Waals surface area (Å²) in [5, 5.41) is 8.88. The van der Waals surface area contributed by atoms with Gasteiger partial charge in [-0.2, -0.15) is 5.10 Å². The van der Waals surface area contributed by atoms with Gasteiger partial charge in [-0.1, -0.05) is 17.7 Å². The summed E-state index contributed by atoms with van der Waals surface area (Å²) in [5.41, 5.74) is 5.06. The molecular weight excluding hydrogens is 490 g/mol. The number of anilines is 2. The fraction of sp³-hybridized carbons (Fsp3) is 0.259. The third kappa shape index (κ3) is 4.82. The predicted molar refractivity (Wildman–Crippen MR) is 145 cm³/mol. The standard InChI is InChI=1S/C27H28ClN7O2/c1-16-25(33(5)15-30-16)17-7-8-21(20(28)9-17)32-24-11-23-18(12-29-24)10-22(19-13-31-34(6)14-19)35(23)26(36)37-27(2,3)4/h7-15H,1-6H3,(H,29,32). The molecule has 0 fully saturated rings. The highest BCUT2D eigenvalue weighted by Crippen LogP contribution is 2.34. The number of aromatic nitrogens is 6. The quantitative estimate of drug-likeness (QED) is 0.299. The molecule has 10 heteroatoms. The zero-order chi connectivity index (χ0) is 26.5. The van der Waals surface area contributed by atoms with E-state index in [4.69, 9.17) is 16.3 Å². The number of hydrogen-bond acceptors (Lipinski definition) is 6. The highest BCUT2D eigenvalue weighted by molar-refractivity contribution is 6.33. The van der Waals surface area contributed by atoms with Crippen molar-refractivity contribution in [3.8, 4) is 22.5 Å². The van der Waals surface area contributed by atoms with Crippen LogP contribution in [-0.2, 0) is 18.8 Å². The minimum Gasteiger partial charge on any atom is -0.443 e. The summed E-state index contributed by atoms with van der Waals surface area (Å²) >= 11 is 6.65. The Morgan fingerprint density at radius 3 is 2.46 bits per heavy atom. The van der Waals surface area contributed by atoms with E-state index in [1.165, 1.54) is 0 Å². The molecule has 0 aliphatic heterocycles. The first kappa shape index (κ1) is 24.6. The van der Waals surface area contributed by atoms with Crippen LogP contribution in [0.1, 0.15) is 26.5 Å². The second kappa shape index (κ2) is 9.08. The van der Waals surface area contributed by atoms with Gasteiger partial charge in [-0.05, 0) is 45.9 Å². The van der Waals surface area contributed by atoms with Crippen LogP contribution in [-0.4, -0.2) is 40.6 Å². The maximum absolute atomic E-state index is 13.3. The van der Waals surface area contributed by atoms with Crippen LogP contribution in [0.15, 0.2) is 55.2 Å². The maximum atomic E-state index is 13.3. The Balaban J connectivity index is 1.54. The lowest BCUT2D eigenvalue weighted by molar-refractivity contribution is 0.0547. The van der Waals surface area contributed by atoms with Gasteiger partial charge >= 0.3 is 6.09 Å². The number of carbonyl (C=O) groups excluding carboxylic acids is 1. The van der Waals surface area contributed by atoms with E-state index in [1.807, 2.05) is 82.9 Å². The van der Waals surface area contributed by atoms with Gasteiger partial charge in [0.05, 0.1) is 45.8 Å². The summed E-state index contributed by atoms with van der Waals surface area (Å²) in [5.74, 6) is 0.541. The van der Waals surface area contributed by atoms with Crippen molar-refractivity contribution in [1.29, 1.82) is 0 Å². The molecule has 0 radical (unpaired) electrons. The number of benzene rings is 1. The smallest absolute Gasteiger partial charge is 0.419 e. The van der Waals surface area contributed by atoms with Gasteiger partial charge in [0.25, 0.3) is 0 Å². The molecule has 0 saturated heterocycles. The Morgan fingerprint density at radius 1 is 1.05 bits per heavy atom. The Bertz CT molecular complexity index is 1620. The van der Waals surface area contributed by atoms with Gasteiger partial charge < -0.3 is 14.6 Å². The first-order valence-corrected chi connectivity index (χ1v) is 12.2. The lowest BCUT2D eigenvalue weighted by Crippen LogP contribution is -2.27. The van der Waals surface area contributed by atoms with Crippen LogP contribution in [0.3, 0.4) is 0 Å². The van der Waals surface area contributed by atoms with E-state index in [-0.39, 0.29) is 0 Å². The van der Waals surface area contributed by atoms with Crippen LogP contribution in [0, 0.1) is 6.92 Å². The predicted octanol–water partition coefficient (Wildman–Crippen LogP) is 6.33. The SMILES string of the molecule is Cc1ncn(C)c1-c1ccc(Nc2cc3c(cn2)cc(-c2cnn(C)c2)n3C(=O)OC(C)(C)C)c(Cl)c1. The van der Waals surface area contributed by atoms with Crippen LogP contribution in [0.2, 0.25) is 5.02 Å². The first-order valence-electron chi connectivity index (χ1n) is 11.8. The molecule has 5 aromatic rings. The van der Waals surface area contributed by atoms with Gasteiger partial charge in [0.15, 0.2) is 0 Å². The molecule has 37 heavy (non-hydrogen) atoms. The van der Waals surface area contributed by atoms with Crippen LogP contribution in [0.25, 0.3) is 33.4 Å². The maximum Gasteiger partial charge on any atom is 0.419 e. The minimum absolute atomic E-state index is 0.479. The Hall–Kier alpha value is -4.11. The van der Waals surface area contributed by atoms with Gasteiger partial charge in [-0.25, -0.2) is 19.3 Å². The van der Waals surface area contributed by atoms with Gasteiger partial charge in [-0.15, -0.1) is 0 Å². The molecule has 0 spiro atoms. The Labute approximate surface area is 219 Å². The average Bonchev–Trinajstić information content (AvgIpc) is 3.50. The molecule has 0 unspecified atom stereocenters. The van der Waals surface area contributed by atoms with Gasteiger partial charge in [-0.3, -0.25) is 4.68 Å². The molecule has 4 heterocycles. The molecule has 5 rings (SSSR count). The fourth-order valence-corrected chi connectivity index (χ4v) is 4.53. The summed E-state index contributed by atoms with van der Waals surface area (Å²) in [6.07, 6.45) is 6.59. The summed E-state index contributed by atoms with van der Waals surface area (Å²) < 4.78 is 10.9. The summed E-state index contributed by atoms with van der Waals surface area (Å²) in [6.45, 7) is 7.49. The van der Waals surface area contributed by atoms with Crippen LogP contribution in [0.4, 0.5) is 16.3 Å².